The zero-order valence-electron chi connectivity index (χ0n) is 12.4. The molecule has 1 aliphatic heterocycles. The number of rotatable bonds is 3. The summed E-state index contributed by atoms with van der Waals surface area (Å²) >= 11 is 0. The van der Waals surface area contributed by atoms with Crippen LogP contribution in [0.1, 0.15) is 43.7 Å². The highest BCUT2D eigenvalue weighted by molar-refractivity contribution is 5.96. The number of anilines is 1. The SMILES string of the molecule is Cc1cccc(C(C)C)c1NC(=O)C1CCCN1C. The maximum absolute atomic E-state index is 12.4. The molecule has 1 heterocycles. The summed E-state index contributed by atoms with van der Waals surface area (Å²) in [6.45, 7) is 7.39. The molecular formula is C16H24N2O. The van der Waals surface area contributed by atoms with E-state index in [4.69, 9.17) is 0 Å². The molecule has 3 nitrogen and oxygen atoms in total. The first kappa shape index (κ1) is 14.1. The summed E-state index contributed by atoms with van der Waals surface area (Å²) in [6, 6.07) is 6.24. The van der Waals surface area contributed by atoms with E-state index in [1.54, 1.807) is 0 Å². The van der Waals surface area contributed by atoms with Gasteiger partial charge >= 0.3 is 0 Å². The zero-order valence-corrected chi connectivity index (χ0v) is 12.4. The van der Waals surface area contributed by atoms with Crippen LogP contribution in [-0.4, -0.2) is 30.4 Å². The van der Waals surface area contributed by atoms with Gasteiger partial charge in [0.05, 0.1) is 6.04 Å². The number of likely N-dealkylation sites (tertiary alicyclic amines) is 1. The zero-order chi connectivity index (χ0) is 14.0. The molecule has 1 N–H and O–H groups in total. The molecule has 1 fully saturated rings. The molecule has 2 rings (SSSR count). The Kier molecular flexibility index (Phi) is 4.25. The highest BCUT2D eigenvalue weighted by Crippen LogP contribution is 2.28. The van der Waals surface area contributed by atoms with Crippen LogP contribution >= 0.6 is 0 Å². The number of likely N-dealkylation sites (N-methyl/N-ethyl adjacent to an activating group) is 1. The minimum Gasteiger partial charge on any atom is -0.324 e. The first-order chi connectivity index (χ1) is 9.00. The van der Waals surface area contributed by atoms with Crippen molar-refractivity contribution in [2.75, 3.05) is 18.9 Å². The topological polar surface area (TPSA) is 32.3 Å². The lowest BCUT2D eigenvalue weighted by atomic mass is 9.98. The number of hydrogen-bond donors (Lipinski definition) is 1. The Morgan fingerprint density at radius 3 is 2.74 bits per heavy atom. The number of benzene rings is 1. The van der Waals surface area contributed by atoms with Crippen LogP contribution in [-0.2, 0) is 4.79 Å². The number of amides is 1. The molecule has 1 atom stereocenters. The van der Waals surface area contributed by atoms with Crippen molar-refractivity contribution in [3.8, 4) is 0 Å². The predicted molar refractivity (Wildman–Crippen MR) is 79.5 cm³/mol. The van der Waals surface area contributed by atoms with Crippen LogP contribution in [0.4, 0.5) is 5.69 Å². The first-order valence-corrected chi connectivity index (χ1v) is 7.11. The average Bonchev–Trinajstić information content (AvgIpc) is 2.77. The van der Waals surface area contributed by atoms with Crippen molar-refractivity contribution in [2.24, 2.45) is 0 Å². The van der Waals surface area contributed by atoms with Crippen molar-refractivity contribution in [2.45, 2.75) is 45.6 Å². The van der Waals surface area contributed by atoms with Gasteiger partial charge in [0.25, 0.3) is 0 Å². The minimum atomic E-state index is 0.0274. The van der Waals surface area contributed by atoms with Crippen LogP contribution in [0.5, 0.6) is 0 Å². The Hall–Kier alpha value is -1.35. The van der Waals surface area contributed by atoms with Crippen molar-refractivity contribution >= 4 is 11.6 Å². The van der Waals surface area contributed by atoms with E-state index >= 15 is 0 Å². The van der Waals surface area contributed by atoms with Gasteiger partial charge in [-0.05, 0) is 50.4 Å². The van der Waals surface area contributed by atoms with Gasteiger partial charge in [-0.2, -0.15) is 0 Å². The van der Waals surface area contributed by atoms with E-state index < -0.39 is 0 Å². The van der Waals surface area contributed by atoms with Gasteiger partial charge in [0.15, 0.2) is 0 Å². The average molecular weight is 260 g/mol. The fourth-order valence-corrected chi connectivity index (χ4v) is 2.79. The summed E-state index contributed by atoms with van der Waals surface area (Å²) in [4.78, 5) is 14.5. The van der Waals surface area contributed by atoms with Crippen molar-refractivity contribution in [3.63, 3.8) is 0 Å². The molecule has 0 bridgehead atoms. The van der Waals surface area contributed by atoms with E-state index in [0.29, 0.717) is 5.92 Å². The van der Waals surface area contributed by atoms with Crippen molar-refractivity contribution < 1.29 is 4.79 Å². The molecule has 0 spiro atoms. The van der Waals surface area contributed by atoms with Gasteiger partial charge in [-0.25, -0.2) is 0 Å². The lowest BCUT2D eigenvalue weighted by Crippen LogP contribution is -2.37. The Morgan fingerprint density at radius 1 is 1.42 bits per heavy atom. The summed E-state index contributed by atoms with van der Waals surface area (Å²) in [5, 5.41) is 3.15. The van der Waals surface area contributed by atoms with Crippen LogP contribution in [0.15, 0.2) is 18.2 Å². The molecule has 0 radical (unpaired) electrons. The summed E-state index contributed by atoms with van der Waals surface area (Å²) < 4.78 is 0. The number of carbonyl (C=O) groups is 1. The number of aryl methyl sites for hydroxylation is 1. The maximum Gasteiger partial charge on any atom is 0.241 e. The number of hydrogen-bond acceptors (Lipinski definition) is 2. The van der Waals surface area contributed by atoms with E-state index in [2.05, 4.69) is 49.2 Å². The van der Waals surface area contributed by atoms with Crippen molar-refractivity contribution in [1.29, 1.82) is 0 Å². The van der Waals surface area contributed by atoms with Crippen LogP contribution in [0.2, 0.25) is 0 Å². The van der Waals surface area contributed by atoms with Crippen LogP contribution < -0.4 is 5.32 Å². The quantitative estimate of drug-likeness (QED) is 0.905. The van der Waals surface area contributed by atoms with Crippen LogP contribution in [0.3, 0.4) is 0 Å². The molecule has 1 aromatic rings. The normalized spacial score (nSPS) is 19.9. The molecule has 0 aliphatic carbocycles. The molecule has 104 valence electrons. The second-order valence-electron chi connectivity index (χ2n) is 5.82. The lowest BCUT2D eigenvalue weighted by molar-refractivity contribution is -0.119. The number of nitrogens with one attached hydrogen (secondary N) is 1. The third-order valence-electron chi connectivity index (χ3n) is 4.00. The Bertz CT molecular complexity index is 468. The standard InChI is InChI=1S/C16H24N2O/c1-11(2)13-8-5-7-12(3)15(13)17-16(19)14-9-6-10-18(14)4/h5,7-8,11,14H,6,9-10H2,1-4H3,(H,17,19). The molecule has 1 saturated heterocycles. The highest BCUT2D eigenvalue weighted by atomic mass is 16.2. The lowest BCUT2D eigenvalue weighted by Gasteiger charge is -2.22. The first-order valence-electron chi connectivity index (χ1n) is 7.11. The number of carbonyl (C=O) groups excluding carboxylic acids is 1. The molecule has 1 unspecified atom stereocenters. The van der Waals surface area contributed by atoms with Gasteiger partial charge in [0.1, 0.15) is 0 Å². The summed E-state index contributed by atoms with van der Waals surface area (Å²) in [5.74, 6) is 0.549. The summed E-state index contributed by atoms with van der Waals surface area (Å²) in [7, 11) is 2.03. The Morgan fingerprint density at radius 2 is 2.16 bits per heavy atom. The minimum absolute atomic E-state index is 0.0274. The van der Waals surface area contributed by atoms with Crippen molar-refractivity contribution in [3.05, 3.63) is 29.3 Å². The monoisotopic (exact) mass is 260 g/mol. The second-order valence-corrected chi connectivity index (χ2v) is 5.82. The highest BCUT2D eigenvalue weighted by Gasteiger charge is 2.28. The summed E-state index contributed by atoms with van der Waals surface area (Å²) in [5.41, 5.74) is 3.36. The number of para-hydroxylation sites is 1. The van der Waals surface area contributed by atoms with Crippen LogP contribution in [0.25, 0.3) is 0 Å². The molecule has 1 amide bonds. The molecule has 3 heteroatoms. The van der Waals surface area contributed by atoms with Gasteiger partial charge < -0.3 is 5.32 Å². The molecule has 1 aromatic carbocycles. The van der Waals surface area contributed by atoms with E-state index in [1.165, 1.54) is 5.56 Å². The van der Waals surface area contributed by atoms with Crippen LogP contribution in [0, 0.1) is 6.92 Å². The molecule has 0 aromatic heterocycles. The van der Waals surface area contributed by atoms with Gasteiger partial charge in [0, 0.05) is 5.69 Å². The van der Waals surface area contributed by atoms with Gasteiger partial charge in [-0.1, -0.05) is 32.0 Å². The van der Waals surface area contributed by atoms with Gasteiger partial charge in [0.2, 0.25) is 5.91 Å². The largest absolute Gasteiger partial charge is 0.324 e. The summed E-state index contributed by atoms with van der Waals surface area (Å²) in [6.07, 6.45) is 2.07. The predicted octanol–water partition coefficient (Wildman–Crippen LogP) is 3.15. The second kappa shape index (κ2) is 5.74. The Labute approximate surface area is 116 Å². The fraction of sp³-hybridized carbons (Fsp3) is 0.562. The van der Waals surface area contributed by atoms with E-state index in [1.807, 2.05) is 7.05 Å². The van der Waals surface area contributed by atoms with E-state index in [-0.39, 0.29) is 11.9 Å². The Balaban J connectivity index is 2.21. The molecule has 0 saturated carbocycles. The van der Waals surface area contributed by atoms with Crippen molar-refractivity contribution in [1.82, 2.24) is 4.90 Å². The third kappa shape index (κ3) is 2.98. The molecular weight excluding hydrogens is 236 g/mol. The van der Waals surface area contributed by atoms with E-state index in [9.17, 15) is 4.79 Å². The number of nitrogens with zero attached hydrogens (tertiary/aromatic N) is 1. The van der Waals surface area contributed by atoms with Gasteiger partial charge in [-0.3, -0.25) is 9.69 Å². The maximum atomic E-state index is 12.4. The van der Waals surface area contributed by atoms with E-state index in [0.717, 1.165) is 30.6 Å². The molecule has 19 heavy (non-hydrogen) atoms. The molecule has 1 aliphatic rings. The third-order valence-corrected chi connectivity index (χ3v) is 4.00. The van der Waals surface area contributed by atoms with Gasteiger partial charge in [-0.15, -0.1) is 0 Å². The fourth-order valence-electron chi connectivity index (χ4n) is 2.79. The smallest absolute Gasteiger partial charge is 0.241 e.